The van der Waals surface area contributed by atoms with Gasteiger partial charge >= 0.3 is 6.18 Å². The fourth-order valence-corrected chi connectivity index (χ4v) is 1.92. The van der Waals surface area contributed by atoms with Crippen molar-refractivity contribution in [3.63, 3.8) is 0 Å². The van der Waals surface area contributed by atoms with Crippen LogP contribution in [0.3, 0.4) is 0 Å². The van der Waals surface area contributed by atoms with Crippen LogP contribution in [0.25, 0.3) is 10.9 Å². The minimum atomic E-state index is -4.48. The van der Waals surface area contributed by atoms with Crippen LogP contribution in [0.5, 0.6) is 0 Å². The molecule has 84 valence electrons. The summed E-state index contributed by atoms with van der Waals surface area (Å²) in [5, 5.41) is -0.127. The topological polar surface area (TPSA) is 12.9 Å². The summed E-state index contributed by atoms with van der Waals surface area (Å²) in [6.07, 6.45) is -4.48. The molecule has 6 heteroatoms. The lowest BCUT2D eigenvalue weighted by Gasteiger charge is -2.09. The standard InChI is InChI=1S/C10H4BrClF3N/c11-6-2-1-5-3-7(10(13,14)15)9(12)16-8(5)4-6/h1-4H. The number of hydrogen-bond donors (Lipinski definition) is 0. The lowest BCUT2D eigenvalue weighted by atomic mass is 10.1. The third-order valence-corrected chi connectivity index (χ3v) is 2.82. The van der Waals surface area contributed by atoms with Gasteiger partial charge in [-0.05, 0) is 18.2 Å². The molecule has 0 unspecified atom stereocenters. The van der Waals surface area contributed by atoms with Gasteiger partial charge in [-0.2, -0.15) is 13.2 Å². The van der Waals surface area contributed by atoms with Crippen molar-refractivity contribution in [3.8, 4) is 0 Å². The first-order chi connectivity index (χ1) is 7.38. The number of rotatable bonds is 0. The minimum absolute atomic E-state index is 0.403. The van der Waals surface area contributed by atoms with Gasteiger partial charge < -0.3 is 0 Å². The maximum absolute atomic E-state index is 12.5. The molecule has 0 aliphatic rings. The Morgan fingerprint density at radius 1 is 1.19 bits per heavy atom. The molecule has 16 heavy (non-hydrogen) atoms. The Balaban J connectivity index is 2.72. The molecule has 2 rings (SSSR count). The van der Waals surface area contributed by atoms with E-state index in [-0.39, 0.29) is 0 Å². The van der Waals surface area contributed by atoms with Crippen LogP contribution in [0.15, 0.2) is 28.7 Å². The first kappa shape index (κ1) is 11.7. The molecule has 0 fully saturated rings. The molecule has 0 saturated heterocycles. The van der Waals surface area contributed by atoms with Gasteiger partial charge in [-0.3, -0.25) is 0 Å². The highest BCUT2D eigenvalue weighted by Crippen LogP contribution is 2.35. The van der Waals surface area contributed by atoms with Gasteiger partial charge in [0, 0.05) is 9.86 Å². The average Bonchev–Trinajstić information content (AvgIpc) is 2.14. The van der Waals surface area contributed by atoms with Crippen LogP contribution in [0, 0.1) is 0 Å². The second kappa shape index (κ2) is 3.89. The molecule has 0 spiro atoms. The van der Waals surface area contributed by atoms with Crippen LogP contribution in [-0.4, -0.2) is 4.98 Å². The van der Waals surface area contributed by atoms with Crippen molar-refractivity contribution < 1.29 is 13.2 Å². The van der Waals surface area contributed by atoms with Crippen molar-refractivity contribution in [1.29, 1.82) is 0 Å². The lowest BCUT2D eigenvalue weighted by molar-refractivity contribution is -0.137. The molecule has 0 amide bonds. The number of fused-ring (bicyclic) bond motifs is 1. The van der Waals surface area contributed by atoms with E-state index in [0.717, 1.165) is 10.5 Å². The Labute approximate surface area is 102 Å². The van der Waals surface area contributed by atoms with E-state index < -0.39 is 16.9 Å². The highest BCUT2D eigenvalue weighted by molar-refractivity contribution is 9.10. The Bertz CT molecular complexity index is 553. The van der Waals surface area contributed by atoms with Gasteiger partial charge in [-0.1, -0.05) is 33.6 Å². The summed E-state index contributed by atoms with van der Waals surface area (Å²) in [5.74, 6) is 0. The van der Waals surface area contributed by atoms with Gasteiger partial charge in [-0.25, -0.2) is 4.98 Å². The van der Waals surface area contributed by atoms with Gasteiger partial charge in [0.25, 0.3) is 0 Å². The van der Waals surface area contributed by atoms with Crippen molar-refractivity contribution in [3.05, 3.63) is 39.5 Å². The van der Waals surface area contributed by atoms with Crippen molar-refractivity contribution in [2.75, 3.05) is 0 Å². The smallest absolute Gasteiger partial charge is 0.235 e. The molecule has 2 aromatic rings. The van der Waals surface area contributed by atoms with E-state index >= 15 is 0 Å². The van der Waals surface area contributed by atoms with Crippen molar-refractivity contribution in [1.82, 2.24) is 4.98 Å². The zero-order chi connectivity index (χ0) is 11.9. The predicted octanol–water partition coefficient (Wildman–Crippen LogP) is 4.67. The number of hydrogen-bond acceptors (Lipinski definition) is 1. The third-order valence-electron chi connectivity index (χ3n) is 2.04. The number of alkyl halides is 3. The van der Waals surface area contributed by atoms with E-state index in [2.05, 4.69) is 20.9 Å². The monoisotopic (exact) mass is 309 g/mol. The first-order valence-corrected chi connectivity index (χ1v) is 5.38. The Hall–Kier alpha value is -0.810. The largest absolute Gasteiger partial charge is 0.419 e. The molecular weight excluding hydrogens is 306 g/mol. The second-order valence-corrected chi connectivity index (χ2v) is 4.44. The van der Waals surface area contributed by atoms with Crippen LogP contribution in [0.4, 0.5) is 13.2 Å². The van der Waals surface area contributed by atoms with E-state index in [9.17, 15) is 13.2 Å². The van der Waals surface area contributed by atoms with Gasteiger partial charge in [0.15, 0.2) is 0 Å². The van der Waals surface area contributed by atoms with Gasteiger partial charge in [0.2, 0.25) is 0 Å². The predicted molar refractivity (Wildman–Crippen MR) is 59.5 cm³/mol. The van der Waals surface area contributed by atoms with E-state index in [1.807, 2.05) is 0 Å². The van der Waals surface area contributed by atoms with Crippen LogP contribution in [0.1, 0.15) is 5.56 Å². The Morgan fingerprint density at radius 2 is 1.88 bits per heavy atom. The molecule has 0 atom stereocenters. The molecule has 1 aromatic carbocycles. The molecule has 0 N–H and O–H groups in total. The summed E-state index contributed by atoms with van der Waals surface area (Å²) in [4.78, 5) is 3.72. The summed E-state index contributed by atoms with van der Waals surface area (Å²) in [7, 11) is 0. The molecule has 1 aromatic heterocycles. The van der Waals surface area contributed by atoms with E-state index in [1.165, 1.54) is 0 Å². The summed E-state index contributed by atoms with van der Waals surface area (Å²) in [6, 6.07) is 5.81. The van der Waals surface area contributed by atoms with E-state index in [1.54, 1.807) is 18.2 Å². The lowest BCUT2D eigenvalue weighted by Crippen LogP contribution is -2.06. The molecule has 1 heterocycles. The summed E-state index contributed by atoms with van der Waals surface area (Å²) in [6.45, 7) is 0. The fraction of sp³-hybridized carbons (Fsp3) is 0.100. The number of aromatic nitrogens is 1. The summed E-state index contributed by atoms with van der Waals surface area (Å²) in [5.41, 5.74) is -0.489. The van der Waals surface area contributed by atoms with Crippen LogP contribution < -0.4 is 0 Å². The quantitative estimate of drug-likeness (QED) is 0.644. The molecule has 1 nitrogen and oxygen atoms in total. The molecule has 0 bridgehead atoms. The number of pyridine rings is 1. The Morgan fingerprint density at radius 3 is 2.50 bits per heavy atom. The van der Waals surface area contributed by atoms with E-state index in [4.69, 9.17) is 11.6 Å². The molecule has 0 radical (unpaired) electrons. The van der Waals surface area contributed by atoms with Crippen molar-refractivity contribution >= 4 is 38.4 Å². The number of halogens is 5. The second-order valence-electron chi connectivity index (χ2n) is 3.16. The van der Waals surface area contributed by atoms with Gasteiger partial charge in [0.1, 0.15) is 5.15 Å². The van der Waals surface area contributed by atoms with E-state index in [0.29, 0.717) is 10.9 Å². The molecular formula is C10H4BrClF3N. The fourth-order valence-electron chi connectivity index (χ4n) is 1.32. The molecule has 0 aliphatic carbocycles. The maximum Gasteiger partial charge on any atom is 0.419 e. The van der Waals surface area contributed by atoms with Crippen LogP contribution in [-0.2, 0) is 6.18 Å². The highest BCUT2D eigenvalue weighted by Gasteiger charge is 2.34. The minimum Gasteiger partial charge on any atom is -0.235 e. The average molecular weight is 310 g/mol. The first-order valence-electron chi connectivity index (χ1n) is 4.21. The third kappa shape index (κ3) is 2.15. The van der Waals surface area contributed by atoms with Crippen molar-refractivity contribution in [2.45, 2.75) is 6.18 Å². The normalized spacial score (nSPS) is 12.1. The number of nitrogens with zero attached hydrogens (tertiary/aromatic N) is 1. The summed E-state index contributed by atoms with van der Waals surface area (Å²) < 4.78 is 38.3. The molecule has 0 aliphatic heterocycles. The molecule has 0 saturated carbocycles. The Kier molecular flexibility index (Phi) is 2.84. The van der Waals surface area contributed by atoms with Crippen LogP contribution in [0.2, 0.25) is 5.15 Å². The highest BCUT2D eigenvalue weighted by atomic mass is 79.9. The van der Waals surface area contributed by atoms with Crippen LogP contribution >= 0.6 is 27.5 Å². The van der Waals surface area contributed by atoms with Gasteiger partial charge in [0.05, 0.1) is 11.1 Å². The zero-order valence-electron chi connectivity index (χ0n) is 7.65. The SMILES string of the molecule is FC(F)(F)c1cc2ccc(Br)cc2nc1Cl. The summed E-state index contributed by atoms with van der Waals surface area (Å²) >= 11 is 8.70. The maximum atomic E-state index is 12.5. The zero-order valence-corrected chi connectivity index (χ0v) is 9.99. The van der Waals surface area contributed by atoms with Crippen molar-refractivity contribution in [2.24, 2.45) is 0 Å². The van der Waals surface area contributed by atoms with Gasteiger partial charge in [-0.15, -0.1) is 0 Å². The number of benzene rings is 1.